The fraction of sp³-hybridized carbons (Fsp3) is 0.143. The second kappa shape index (κ2) is 5.86. The first-order chi connectivity index (χ1) is 9.13. The Hall–Kier alpha value is -1.85. The van der Waals surface area contributed by atoms with Gasteiger partial charge in [-0.1, -0.05) is 36.4 Å². The molecule has 0 aromatic heterocycles. The van der Waals surface area contributed by atoms with Crippen LogP contribution in [0.4, 0.5) is 0 Å². The van der Waals surface area contributed by atoms with Gasteiger partial charge in [-0.3, -0.25) is 4.55 Å². The smallest absolute Gasteiger partial charge is 0.357 e. The van der Waals surface area contributed by atoms with Crippen LogP contribution in [0.25, 0.3) is 11.1 Å². The lowest BCUT2D eigenvalue weighted by Gasteiger charge is -2.15. The summed E-state index contributed by atoms with van der Waals surface area (Å²) in [5.41, 5.74) is 2.46. The first-order valence-electron chi connectivity index (χ1n) is 5.65. The van der Waals surface area contributed by atoms with Crippen LogP contribution in [0.15, 0.2) is 42.5 Å². The fourth-order valence-corrected chi connectivity index (χ4v) is 2.25. The third-order valence-corrected chi connectivity index (χ3v) is 3.07. The van der Waals surface area contributed by atoms with Crippen LogP contribution in [-0.2, 0) is 11.4 Å². The Bertz CT molecular complexity index is 596. The van der Waals surface area contributed by atoms with Crippen LogP contribution in [-0.4, -0.2) is 15.9 Å². The van der Waals surface area contributed by atoms with Crippen LogP contribution in [0, 0.1) is 6.92 Å². The summed E-state index contributed by atoms with van der Waals surface area (Å²) in [6.07, 6.45) is 0. The molecule has 0 saturated heterocycles. The lowest BCUT2D eigenvalue weighted by atomic mass is 10.0. The summed E-state index contributed by atoms with van der Waals surface area (Å²) in [5.74, 6) is 0.948. The normalized spacial score (nSPS) is 11.9. The van der Waals surface area contributed by atoms with Gasteiger partial charge in [0.05, 0.1) is 12.7 Å². The molecule has 0 aliphatic heterocycles. The highest BCUT2D eigenvalue weighted by Crippen LogP contribution is 2.40. The first kappa shape index (κ1) is 13.6. The van der Waals surface area contributed by atoms with E-state index in [0.717, 1.165) is 11.1 Å². The minimum atomic E-state index is -2.37. The van der Waals surface area contributed by atoms with Gasteiger partial charge in [-0.2, -0.15) is 4.21 Å². The minimum Gasteiger partial charge on any atom is -0.496 e. The van der Waals surface area contributed by atoms with Crippen LogP contribution in [0.2, 0.25) is 0 Å². The zero-order chi connectivity index (χ0) is 13.8. The molecule has 0 aliphatic carbocycles. The quantitative estimate of drug-likeness (QED) is 0.873. The molecule has 0 spiro atoms. The van der Waals surface area contributed by atoms with Gasteiger partial charge in [-0.05, 0) is 24.1 Å². The Morgan fingerprint density at radius 1 is 1.11 bits per heavy atom. The van der Waals surface area contributed by atoms with E-state index in [1.165, 1.54) is 0 Å². The Morgan fingerprint density at radius 2 is 1.79 bits per heavy atom. The van der Waals surface area contributed by atoms with Crippen molar-refractivity contribution in [1.82, 2.24) is 0 Å². The predicted octanol–water partition coefficient (Wildman–Crippen LogP) is 3.19. The monoisotopic (exact) mass is 278 g/mol. The molecule has 0 heterocycles. The van der Waals surface area contributed by atoms with E-state index >= 15 is 0 Å². The SMILES string of the molecule is COc1c(C)ccc(OS(=O)O)c1-c1ccccc1. The van der Waals surface area contributed by atoms with Gasteiger partial charge in [-0.15, -0.1) is 0 Å². The molecule has 0 aliphatic rings. The lowest BCUT2D eigenvalue weighted by molar-refractivity contribution is 0.409. The Labute approximate surface area is 114 Å². The maximum absolute atomic E-state index is 10.9. The summed E-state index contributed by atoms with van der Waals surface area (Å²) >= 11 is -2.37. The standard InChI is InChI=1S/C14H14O4S/c1-10-8-9-12(18-19(15)16)13(14(10)17-2)11-6-4-3-5-7-11/h3-9H,1-2H3,(H,15,16). The average molecular weight is 278 g/mol. The Morgan fingerprint density at radius 3 is 2.37 bits per heavy atom. The van der Waals surface area contributed by atoms with E-state index in [-0.39, 0.29) is 0 Å². The predicted molar refractivity (Wildman–Crippen MR) is 74.6 cm³/mol. The van der Waals surface area contributed by atoms with Crippen LogP contribution in [0.5, 0.6) is 11.5 Å². The molecule has 0 amide bonds. The molecule has 2 aromatic carbocycles. The van der Waals surface area contributed by atoms with Gasteiger partial charge in [0.15, 0.2) is 5.75 Å². The van der Waals surface area contributed by atoms with Crippen molar-refractivity contribution in [2.24, 2.45) is 0 Å². The second-order valence-corrected chi connectivity index (χ2v) is 4.56. The number of benzene rings is 2. The third kappa shape index (κ3) is 2.94. The molecule has 0 saturated carbocycles. The van der Waals surface area contributed by atoms with Crippen LogP contribution in [0.1, 0.15) is 5.56 Å². The molecular weight excluding hydrogens is 264 g/mol. The van der Waals surface area contributed by atoms with Crippen molar-refractivity contribution in [2.45, 2.75) is 6.92 Å². The summed E-state index contributed by atoms with van der Waals surface area (Å²) in [4.78, 5) is 0. The molecule has 1 atom stereocenters. The molecule has 0 bridgehead atoms. The average Bonchev–Trinajstić information content (AvgIpc) is 2.41. The van der Waals surface area contributed by atoms with E-state index < -0.39 is 11.4 Å². The van der Waals surface area contributed by atoms with Gasteiger partial charge in [-0.25, -0.2) is 0 Å². The van der Waals surface area contributed by atoms with Crippen molar-refractivity contribution in [1.29, 1.82) is 0 Å². The van der Waals surface area contributed by atoms with Gasteiger partial charge in [0, 0.05) is 0 Å². The molecule has 19 heavy (non-hydrogen) atoms. The highest BCUT2D eigenvalue weighted by Gasteiger charge is 2.16. The van der Waals surface area contributed by atoms with Crippen molar-refractivity contribution in [3.05, 3.63) is 48.0 Å². The number of aryl methyl sites for hydroxylation is 1. The lowest BCUT2D eigenvalue weighted by Crippen LogP contribution is -2.01. The first-order valence-corrected chi connectivity index (χ1v) is 6.69. The number of rotatable bonds is 4. The largest absolute Gasteiger partial charge is 0.496 e. The van der Waals surface area contributed by atoms with E-state index in [4.69, 9.17) is 13.5 Å². The van der Waals surface area contributed by atoms with E-state index in [1.54, 1.807) is 19.2 Å². The van der Waals surface area contributed by atoms with Crippen molar-refractivity contribution in [3.8, 4) is 22.6 Å². The van der Waals surface area contributed by atoms with E-state index in [0.29, 0.717) is 17.1 Å². The highest BCUT2D eigenvalue weighted by atomic mass is 32.2. The zero-order valence-corrected chi connectivity index (χ0v) is 11.4. The number of hydrogen-bond donors (Lipinski definition) is 1. The van der Waals surface area contributed by atoms with Gasteiger partial charge < -0.3 is 8.92 Å². The van der Waals surface area contributed by atoms with E-state index in [2.05, 4.69) is 0 Å². The Balaban J connectivity index is 2.66. The molecular formula is C14H14O4S. The van der Waals surface area contributed by atoms with Gasteiger partial charge in [0.25, 0.3) is 0 Å². The summed E-state index contributed by atoms with van der Waals surface area (Å²) in [6, 6.07) is 12.9. The fourth-order valence-electron chi connectivity index (χ4n) is 1.96. The molecule has 2 aromatic rings. The van der Waals surface area contributed by atoms with Crippen LogP contribution < -0.4 is 8.92 Å². The molecule has 1 unspecified atom stereocenters. The second-order valence-electron chi connectivity index (χ2n) is 3.96. The topological polar surface area (TPSA) is 55.8 Å². The molecule has 2 rings (SSSR count). The third-order valence-electron chi connectivity index (χ3n) is 2.74. The molecule has 100 valence electrons. The van der Waals surface area contributed by atoms with Crippen LogP contribution >= 0.6 is 0 Å². The van der Waals surface area contributed by atoms with Crippen LogP contribution in [0.3, 0.4) is 0 Å². The molecule has 1 N–H and O–H groups in total. The number of methoxy groups -OCH3 is 1. The summed E-state index contributed by atoms with van der Waals surface area (Å²) < 4.78 is 30.1. The summed E-state index contributed by atoms with van der Waals surface area (Å²) in [6.45, 7) is 1.91. The summed E-state index contributed by atoms with van der Waals surface area (Å²) in [7, 11) is 1.56. The molecule has 4 nitrogen and oxygen atoms in total. The molecule has 0 radical (unpaired) electrons. The Kier molecular flexibility index (Phi) is 4.19. The van der Waals surface area contributed by atoms with Gasteiger partial charge in [0.1, 0.15) is 5.75 Å². The maximum atomic E-state index is 10.9. The number of hydrogen-bond acceptors (Lipinski definition) is 3. The van der Waals surface area contributed by atoms with Gasteiger partial charge in [0.2, 0.25) is 0 Å². The van der Waals surface area contributed by atoms with Crippen molar-refractivity contribution >= 4 is 11.4 Å². The van der Waals surface area contributed by atoms with E-state index in [1.807, 2.05) is 37.3 Å². The number of ether oxygens (including phenoxy) is 1. The maximum Gasteiger partial charge on any atom is 0.357 e. The highest BCUT2D eigenvalue weighted by molar-refractivity contribution is 7.74. The zero-order valence-electron chi connectivity index (χ0n) is 10.6. The van der Waals surface area contributed by atoms with Crippen molar-refractivity contribution in [3.63, 3.8) is 0 Å². The molecule has 5 heteroatoms. The minimum absolute atomic E-state index is 0.314. The molecule has 0 fully saturated rings. The summed E-state index contributed by atoms with van der Waals surface area (Å²) in [5, 5.41) is 0. The van der Waals surface area contributed by atoms with E-state index in [9.17, 15) is 4.21 Å². The van der Waals surface area contributed by atoms with Crippen molar-refractivity contribution in [2.75, 3.05) is 7.11 Å². The van der Waals surface area contributed by atoms with Crippen molar-refractivity contribution < 1.29 is 17.7 Å². The van der Waals surface area contributed by atoms with Gasteiger partial charge >= 0.3 is 11.4 Å².